The van der Waals surface area contributed by atoms with E-state index in [1.54, 1.807) is 25.2 Å². The number of nitrogens with zero attached hydrogens (tertiary/aromatic N) is 2. The van der Waals surface area contributed by atoms with Crippen LogP contribution in [0.4, 0.5) is 9.59 Å². The Labute approximate surface area is 217 Å². The summed E-state index contributed by atoms with van der Waals surface area (Å²) in [6.07, 6.45) is 1.02. The van der Waals surface area contributed by atoms with Gasteiger partial charge in [-0.15, -0.1) is 0 Å². The van der Waals surface area contributed by atoms with Crippen molar-refractivity contribution in [2.45, 2.75) is 58.5 Å². The topological polar surface area (TPSA) is 90.2 Å². The molecule has 1 fully saturated rings. The lowest BCUT2D eigenvalue weighted by atomic mass is 9.88. The lowest BCUT2D eigenvalue weighted by Crippen LogP contribution is -2.41. The van der Waals surface area contributed by atoms with Crippen LogP contribution >= 0.6 is 0 Å². The van der Waals surface area contributed by atoms with Crippen molar-refractivity contribution in [2.75, 3.05) is 27.3 Å². The van der Waals surface area contributed by atoms with Gasteiger partial charge in [0.1, 0.15) is 5.60 Å². The molecule has 1 amide bonds. The van der Waals surface area contributed by atoms with Crippen LogP contribution in [0, 0.1) is 0 Å². The third kappa shape index (κ3) is 5.24. The van der Waals surface area contributed by atoms with Crippen LogP contribution in [0.5, 0.6) is 11.5 Å². The number of likely N-dealkylation sites (tertiary alicyclic amines) is 1. The molecule has 0 aliphatic carbocycles. The minimum Gasteiger partial charge on any atom is -0.493 e. The van der Waals surface area contributed by atoms with Gasteiger partial charge in [-0.1, -0.05) is 13.0 Å². The minimum absolute atomic E-state index is 0.271. The second kappa shape index (κ2) is 10.4. The molecule has 0 radical (unpaired) electrons. The third-order valence-corrected chi connectivity index (χ3v) is 6.92. The molecule has 2 aromatic carbocycles. The van der Waals surface area contributed by atoms with Crippen molar-refractivity contribution < 1.29 is 28.9 Å². The van der Waals surface area contributed by atoms with Gasteiger partial charge >= 0.3 is 12.2 Å². The SMILES string of the molecule is CCc1c(-c2ccc(OC)c(OC)c2)n(C(=O)O)c2ccc(C3CCN(C(=O)OC(C)(C)C)CC3)cc12. The molecular formula is C29H36N2O6. The molecule has 1 aliphatic heterocycles. The van der Waals surface area contributed by atoms with Crippen LogP contribution in [-0.4, -0.2) is 59.7 Å². The van der Waals surface area contributed by atoms with Crippen molar-refractivity contribution in [3.8, 4) is 22.8 Å². The van der Waals surface area contributed by atoms with E-state index in [9.17, 15) is 14.7 Å². The van der Waals surface area contributed by atoms with Crippen LogP contribution in [0.1, 0.15) is 57.6 Å². The van der Waals surface area contributed by atoms with E-state index in [0.717, 1.165) is 34.9 Å². The van der Waals surface area contributed by atoms with Crippen molar-refractivity contribution >= 4 is 23.1 Å². The highest BCUT2D eigenvalue weighted by Gasteiger charge is 2.29. The number of amides is 1. The Bertz CT molecular complexity index is 1310. The molecule has 1 N–H and O–H groups in total. The Morgan fingerprint density at radius 1 is 1.00 bits per heavy atom. The number of hydrogen-bond acceptors (Lipinski definition) is 5. The molecule has 0 atom stereocenters. The van der Waals surface area contributed by atoms with Gasteiger partial charge in [0.25, 0.3) is 0 Å². The van der Waals surface area contributed by atoms with Crippen molar-refractivity contribution in [1.82, 2.24) is 9.47 Å². The number of ether oxygens (including phenoxy) is 3. The maximum Gasteiger partial charge on any atom is 0.416 e. The van der Waals surface area contributed by atoms with Crippen LogP contribution in [0.25, 0.3) is 22.2 Å². The first kappa shape index (κ1) is 26.4. The number of hydrogen-bond donors (Lipinski definition) is 1. The van der Waals surface area contributed by atoms with E-state index in [2.05, 4.69) is 6.07 Å². The highest BCUT2D eigenvalue weighted by atomic mass is 16.6. The Hall–Kier alpha value is -3.68. The van der Waals surface area contributed by atoms with Gasteiger partial charge in [0, 0.05) is 24.0 Å². The summed E-state index contributed by atoms with van der Waals surface area (Å²) in [4.78, 5) is 26.7. The summed E-state index contributed by atoms with van der Waals surface area (Å²) < 4.78 is 17.7. The highest BCUT2D eigenvalue weighted by Crippen LogP contribution is 2.40. The number of rotatable bonds is 5. The fourth-order valence-corrected chi connectivity index (χ4v) is 5.19. The Morgan fingerprint density at radius 2 is 1.68 bits per heavy atom. The fourth-order valence-electron chi connectivity index (χ4n) is 5.19. The van der Waals surface area contributed by atoms with Crippen molar-refractivity contribution in [3.63, 3.8) is 0 Å². The van der Waals surface area contributed by atoms with Crippen LogP contribution in [-0.2, 0) is 11.2 Å². The van der Waals surface area contributed by atoms with E-state index < -0.39 is 11.7 Å². The standard InChI is InChI=1S/C29H36N2O6/c1-7-21-22-16-19(18-12-14-30(15-13-18)28(34)37-29(2,3)4)8-10-23(22)31(27(32)33)26(21)20-9-11-24(35-5)25(17-20)36-6/h8-11,16-18H,7,12-15H2,1-6H3,(H,32,33). The van der Waals surface area contributed by atoms with E-state index in [1.807, 2.05) is 52.0 Å². The summed E-state index contributed by atoms with van der Waals surface area (Å²) in [5.41, 5.74) is 3.66. The van der Waals surface area contributed by atoms with E-state index in [0.29, 0.717) is 42.2 Å². The summed E-state index contributed by atoms with van der Waals surface area (Å²) in [6.45, 7) is 8.92. The number of fused-ring (bicyclic) bond motifs is 1. The zero-order chi connectivity index (χ0) is 26.9. The number of carbonyl (C=O) groups is 2. The summed E-state index contributed by atoms with van der Waals surface area (Å²) in [7, 11) is 3.14. The number of aryl methyl sites for hydroxylation is 1. The van der Waals surface area contributed by atoms with Gasteiger partial charge in [0.05, 0.1) is 25.4 Å². The third-order valence-electron chi connectivity index (χ3n) is 6.92. The highest BCUT2D eigenvalue weighted by molar-refractivity contribution is 5.99. The molecule has 8 heteroatoms. The maximum absolute atomic E-state index is 12.5. The van der Waals surface area contributed by atoms with Gasteiger partial charge in [-0.05, 0) is 87.4 Å². The minimum atomic E-state index is -1.03. The first-order chi connectivity index (χ1) is 17.6. The molecule has 0 saturated carbocycles. The summed E-state index contributed by atoms with van der Waals surface area (Å²) in [5.74, 6) is 1.41. The Kier molecular flexibility index (Phi) is 7.39. The van der Waals surface area contributed by atoms with E-state index in [4.69, 9.17) is 14.2 Å². The van der Waals surface area contributed by atoms with Gasteiger partial charge in [-0.25, -0.2) is 14.2 Å². The van der Waals surface area contributed by atoms with E-state index >= 15 is 0 Å². The molecule has 8 nitrogen and oxygen atoms in total. The van der Waals surface area contributed by atoms with E-state index in [-0.39, 0.29) is 12.0 Å². The van der Waals surface area contributed by atoms with Gasteiger partial charge in [0.15, 0.2) is 11.5 Å². The number of piperidine rings is 1. The fraction of sp³-hybridized carbons (Fsp3) is 0.448. The molecule has 3 aromatic rings. The van der Waals surface area contributed by atoms with Gasteiger partial charge in [0.2, 0.25) is 0 Å². The first-order valence-corrected chi connectivity index (χ1v) is 12.7. The van der Waals surface area contributed by atoms with E-state index in [1.165, 1.54) is 4.57 Å². The predicted octanol–water partition coefficient (Wildman–Crippen LogP) is 6.53. The molecule has 1 aliphatic rings. The molecule has 4 rings (SSSR count). The van der Waals surface area contributed by atoms with Crippen LogP contribution < -0.4 is 9.47 Å². The first-order valence-electron chi connectivity index (χ1n) is 12.7. The lowest BCUT2D eigenvalue weighted by Gasteiger charge is -2.33. The van der Waals surface area contributed by atoms with Gasteiger partial charge in [-0.2, -0.15) is 0 Å². The smallest absolute Gasteiger partial charge is 0.416 e. The second-order valence-corrected chi connectivity index (χ2v) is 10.4. The molecule has 1 aromatic heterocycles. The molecule has 1 saturated heterocycles. The molecule has 0 bridgehead atoms. The van der Waals surface area contributed by atoms with Gasteiger partial charge < -0.3 is 24.2 Å². The lowest BCUT2D eigenvalue weighted by molar-refractivity contribution is 0.0205. The molecule has 2 heterocycles. The van der Waals surface area contributed by atoms with Crippen molar-refractivity contribution in [3.05, 3.63) is 47.5 Å². The normalized spacial score (nSPS) is 14.6. The number of aromatic nitrogens is 1. The zero-order valence-electron chi connectivity index (χ0n) is 22.5. The van der Waals surface area contributed by atoms with Crippen LogP contribution in [0.15, 0.2) is 36.4 Å². The molecule has 0 unspecified atom stereocenters. The Balaban J connectivity index is 1.70. The average Bonchev–Trinajstić information content (AvgIpc) is 3.21. The number of carbonyl (C=O) groups excluding carboxylic acids is 1. The number of benzene rings is 2. The van der Waals surface area contributed by atoms with Gasteiger partial charge in [-0.3, -0.25) is 0 Å². The van der Waals surface area contributed by atoms with Crippen LogP contribution in [0.3, 0.4) is 0 Å². The summed E-state index contributed by atoms with van der Waals surface area (Å²) >= 11 is 0. The maximum atomic E-state index is 12.5. The molecule has 198 valence electrons. The summed E-state index contributed by atoms with van der Waals surface area (Å²) in [6, 6.07) is 11.5. The number of methoxy groups -OCH3 is 2. The molecule has 0 spiro atoms. The molecular weight excluding hydrogens is 472 g/mol. The monoisotopic (exact) mass is 508 g/mol. The largest absolute Gasteiger partial charge is 0.493 e. The van der Waals surface area contributed by atoms with Crippen LogP contribution in [0.2, 0.25) is 0 Å². The summed E-state index contributed by atoms with van der Waals surface area (Å²) in [5, 5.41) is 11.1. The average molecular weight is 509 g/mol. The quantitative estimate of drug-likeness (QED) is 0.421. The van der Waals surface area contributed by atoms with Crippen molar-refractivity contribution in [1.29, 1.82) is 0 Å². The Morgan fingerprint density at radius 3 is 2.24 bits per heavy atom. The molecule has 37 heavy (non-hydrogen) atoms. The number of carboxylic acid groups (broad SMARTS) is 1. The van der Waals surface area contributed by atoms with Crippen molar-refractivity contribution in [2.24, 2.45) is 0 Å². The zero-order valence-corrected chi connectivity index (χ0v) is 22.5. The second-order valence-electron chi connectivity index (χ2n) is 10.4. The predicted molar refractivity (Wildman–Crippen MR) is 143 cm³/mol.